The van der Waals surface area contributed by atoms with Crippen molar-refractivity contribution in [3.8, 4) is 0 Å². The minimum absolute atomic E-state index is 0.0940. The van der Waals surface area contributed by atoms with Gasteiger partial charge in [0.1, 0.15) is 0 Å². The molecule has 8 heteroatoms. The Hall–Kier alpha value is -2.38. The molecule has 0 amide bonds. The molecule has 0 unspecified atom stereocenters. The molecule has 0 spiro atoms. The summed E-state index contributed by atoms with van der Waals surface area (Å²) in [6, 6.07) is 0.210. The molecule has 0 bridgehead atoms. The highest BCUT2D eigenvalue weighted by molar-refractivity contribution is 5.87. The summed E-state index contributed by atoms with van der Waals surface area (Å²) in [4.78, 5) is 16.2. The number of rotatable bonds is 2. The maximum atomic E-state index is 5.61. The number of nitrogens with zero attached hydrogens (tertiary/aromatic N) is 5. The first-order valence-corrected chi connectivity index (χ1v) is 5.08. The predicted molar refractivity (Wildman–Crippen MR) is 65.6 cm³/mol. The topological polar surface area (TPSA) is 134 Å². The molecule has 2 heterocycles. The smallest absolute Gasteiger partial charge is 0.224 e. The fraction of sp³-hybridized carbons (Fsp3) is 0.333. The molecule has 0 saturated carbocycles. The Morgan fingerprint density at radius 2 is 2.06 bits per heavy atom. The van der Waals surface area contributed by atoms with Crippen LogP contribution in [0, 0.1) is 0 Å². The molecular formula is C9H14N8. The van der Waals surface area contributed by atoms with Gasteiger partial charge in [0.2, 0.25) is 5.95 Å². The molecule has 0 fully saturated rings. The molecule has 0 aliphatic rings. The largest absolute Gasteiger partial charge is 0.370 e. The highest BCUT2D eigenvalue weighted by Gasteiger charge is 2.13. The fourth-order valence-electron chi connectivity index (χ4n) is 1.50. The molecule has 0 radical (unpaired) electrons. The summed E-state index contributed by atoms with van der Waals surface area (Å²) in [6.07, 6.45) is 1.66. The molecule has 8 nitrogen and oxygen atoms in total. The van der Waals surface area contributed by atoms with Crippen molar-refractivity contribution in [3.05, 3.63) is 6.33 Å². The van der Waals surface area contributed by atoms with E-state index in [-0.39, 0.29) is 23.8 Å². The van der Waals surface area contributed by atoms with Crippen molar-refractivity contribution >= 4 is 28.9 Å². The third-order valence-corrected chi connectivity index (χ3v) is 2.21. The van der Waals surface area contributed by atoms with E-state index in [1.54, 1.807) is 6.33 Å². The van der Waals surface area contributed by atoms with Crippen molar-refractivity contribution < 1.29 is 0 Å². The molecule has 90 valence electrons. The summed E-state index contributed by atoms with van der Waals surface area (Å²) in [5, 5.41) is 0. The molecule has 17 heavy (non-hydrogen) atoms. The van der Waals surface area contributed by atoms with Gasteiger partial charge in [0.05, 0.1) is 6.33 Å². The lowest BCUT2D eigenvalue weighted by molar-refractivity contribution is 0.613. The van der Waals surface area contributed by atoms with Crippen molar-refractivity contribution in [1.29, 1.82) is 0 Å². The zero-order valence-electron chi connectivity index (χ0n) is 9.62. The van der Waals surface area contributed by atoms with E-state index in [1.165, 1.54) is 0 Å². The van der Waals surface area contributed by atoms with Crippen LogP contribution in [-0.4, -0.2) is 25.5 Å². The first-order chi connectivity index (χ1) is 7.99. The fourth-order valence-corrected chi connectivity index (χ4v) is 1.50. The van der Waals surface area contributed by atoms with Crippen LogP contribution in [0.15, 0.2) is 11.3 Å². The number of anilines is 1. The Morgan fingerprint density at radius 1 is 1.35 bits per heavy atom. The van der Waals surface area contributed by atoms with Crippen LogP contribution in [0.3, 0.4) is 0 Å². The molecule has 0 aliphatic heterocycles. The highest BCUT2D eigenvalue weighted by Crippen LogP contribution is 2.24. The minimum atomic E-state index is -0.0940. The first kappa shape index (κ1) is 11.1. The summed E-state index contributed by atoms with van der Waals surface area (Å²) in [6.45, 7) is 4.03. The van der Waals surface area contributed by atoms with Crippen LogP contribution < -0.4 is 17.2 Å². The third-order valence-electron chi connectivity index (χ3n) is 2.21. The second-order valence-corrected chi connectivity index (χ2v) is 3.86. The molecule has 2 aromatic heterocycles. The van der Waals surface area contributed by atoms with Crippen LogP contribution in [0.4, 0.5) is 11.8 Å². The minimum Gasteiger partial charge on any atom is -0.370 e. The number of hydrogen-bond donors (Lipinski definition) is 3. The van der Waals surface area contributed by atoms with Gasteiger partial charge >= 0.3 is 0 Å². The van der Waals surface area contributed by atoms with Crippen LogP contribution in [0.5, 0.6) is 0 Å². The summed E-state index contributed by atoms with van der Waals surface area (Å²) in [5.41, 5.74) is 17.4. The van der Waals surface area contributed by atoms with Crippen LogP contribution in [0.2, 0.25) is 0 Å². The van der Waals surface area contributed by atoms with Crippen LogP contribution >= 0.6 is 0 Å². The Bertz CT molecular complexity index is 578. The van der Waals surface area contributed by atoms with Crippen molar-refractivity contribution in [2.45, 2.75) is 19.9 Å². The van der Waals surface area contributed by atoms with Gasteiger partial charge in [0.25, 0.3) is 0 Å². The van der Waals surface area contributed by atoms with E-state index in [0.717, 1.165) is 0 Å². The van der Waals surface area contributed by atoms with Gasteiger partial charge in [-0.1, -0.05) is 0 Å². The molecule has 0 aliphatic carbocycles. The summed E-state index contributed by atoms with van der Waals surface area (Å²) < 4.78 is 1.87. The monoisotopic (exact) mass is 234 g/mol. The zero-order valence-corrected chi connectivity index (χ0v) is 9.62. The van der Waals surface area contributed by atoms with Crippen LogP contribution in [0.1, 0.15) is 19.9 Å². The van der Waals surface area contributed by atoms with E-state index in [9.17, 15) is 0 Å². The zero-order chi connectivity index (χ0) is 12.6. The van der Waals surface area contributed by atoms with Crippen molar-refractivity contribution in [3.63, 3.8) is 0 Å². The van der Waals surface area contributed by atoms with Crippen molar-refractivity contribution in [2.75, 3.05) is 5.73 Å². The third kappa shape index (κ3) is 1.96. The van der Waals surface area contributed by atoms with E-state index >= 15 is 0 Å². The van der Waals surface area contributed by atoms with Crippen molar-refractivity contribution in [2.24, 2.45) is 16.5 Å². The normalized spacial score (nSPS) is 11.0. The number of hydrogen-bond acceptors (Lipinski definition) is 5. The molecule has 6 N–H and O–H groups in total. The number of aliphatic imine (C=N–C) groups is 1. The van der Waals surface area contributed by atoms with Gasteiger partial charge in [-0.3, -0.25) is 0 Å². The van der Waals surface area contributed by atoms with Gasteiger partial charge in [0.15, 0.2) is 22.9 Å². The second-order valence-electron chi connectivity index (χ2n) is 3.86. The summed E-state index contributed by atoms with van der Waals surface area (Å²) in [5.74, 6) is 0.301. The van der Waals surface area contributed by atoms with Gasteiger partial charge < -0.3 is 21.8 Å². The first-order valence-electron chi connectivity index (χ1n) is 5.08. The van der Waals surface area contributed by atoms with Gasteiger partial charge in [-0.05, 0) is 13.8 Å². The standard InChI is InChI=1S/C9H14N8/c1-4(2)17-3-13-5-6(14-8(10)11)15-9(12)16-7(5)17/h3-4H,1-2H3,(H6,10,11,12,14,15,16). The number of guanidine groups is 1. The average molecular weight is 234 g/mol. The van der Waals surface area contributed by atoms with E-state index < -0.39 is 0 Å². The number of nitrogen functional groups attached to an aromatic ring is 1. The van der Waals surface area contributed by atoms with Gasteiger partial charge in [0, 0.05) is 6.04 Å². The number of aromatic nitrogens is 4. The van der Waals surface area contributed by atoms with Crippen LogP contribution in [0.25, 0.3) is 11.2 Å². The molecule has 0 atom stereocenters. The number of imidazole rings is 1. The lowest BCUT2D eigenvalue weighted by Gasteiger charge is -2.07. The van der Waals surface area contributed by atoms with E-state index in [2.05, 4.69) is 19.9 Å². The lowest BCUT2D eigenvalue weighted by atomic mass is 10.4. The average Bonchev–Trinajstić information content (AvgIpc) is 2.59. The Kier molecular flexibility index (Phi) is 2.54. The van der Waals surface area contributed by atoms with E-state index in [0.29, 0.717) is 11.2 Å². The molecule has 2 aromatic rings. The summed E-state index contributed by atoms with van der Waals surface area (Å²) >= 11 is 0. The van der Waals surface area contributed by atoms with E-state index in [4.69, 9.17) is 17.2 Å². The number of nitrogens with two attached hydrogens (primary N) is 3. The SMILES string of the molecule is CC(C)n1cnc2c(N=C(N)N)nc(N)nc21. The van der Waals surface area contributed by atoms with Gasteiger partial charge in [-0.2, -0.15) is 15.0 Å². The second kappa shape index (κ2) is 3.89. The lowest BCUT2D eigenvalue weighted by Crippen LogP contribution is -2.22. The molecule has 0 aromatic carbocycles. The van der Waals surface area contributed by atoms with Crippen molar-refractivity contribution in [1.82, 2.24) is 19.5 Å². The maximum absolute atomic E-state index is 5.61. The molecular weight excluding hydrogens is 220 g/mol. The summed E-state index contributed by atoms with van der Waals surface area (Å²) in [7, 11) is 0. The number of fused-ring (bicyclic) bond motifs is 1. The van der Waals surface area contributed by atoms with Gasteiger partial charge in [-0.25, -0.2) is 4.98 Å². The Balaban J connectivity index is 2.74. The maximum Gasteiger partial charge on any atom is 0.224 e. The Morgan fingerprint density at radius 3 is 2.65 bits per heavy atom. The van der Waals surface area contributed by atoms with Gasteiger partial charge in [-0.15, -0.1) is 0 Å². The molecule has 2 rings (SSSR count). The van der Waals surface area contributed by atoms with E-state index in [1.807, 2.05) is 18.4 Å². The Labute approximate surface area is 97.6 Å². The molecule has 0 saturated heterocycles. The highest BCUT2D eigenvalue weighted by atomic mass is 15.2. The quantitative estimate of drug-likeness (QED) is 0.490. The predicted octanol–water partition coefficient (Wildman–Crippen LogP) is -0.106. The van der Waals surface area contributed by atoms with Crippen LogP contribution in [-0.2, 0) is 0 Å².